The Kier molecular flexibility index (Phi) is 3.88. The zero-order chi connectivity index (χ0) is 13.2. The Labute approximate surface area is 98.2 Å². The van der Waals surface area contributed by atoms with Crippen molar-refractivity contribution in [3.05, 3.63) is 23.8 Å². The molecule has 0 aromatic heterocycles. The number of hydrogen-bond acceptors (Lipinski definition) is 3. The highest BCUT2D eigenvalue weighted by atomic mass is 19.1. The van der Waals surface area contributed by atoms with Crippen molar-refractivity contribution >= 4 is 17.3 Å². The van der Waals surface area contributed by atoms with Gasteiger partial charge >= 0.3 is 0 Å². The molecule has 1 aromatic rings. The molecule has 0 radical (unpaired) electrons. The molecule has 6 heteroatoms. The molecule has 1 amide bonds. The fourth-order valence-corrected chi connectivity index (χ4v) is 1.52. The number of anilines is 2. The molecule has 17 heavy (non-hydrogen) atoms. The van der Waals surface area contributed by atoms with E-state index < -0.39 is 17.5 Å². The van der Waals surface area contributed by atoms with Gasteiger partial charge in [0.2, 0.25) is 5.91 Å². The van der Waals surface area contributed by atoms with Crippen LogP contribution >= 0.6 is 0 Å². The first-order valence-electron chi connectivity index (χ1n) is 5.12. The highest BCUT2D eigenvalue weighted by Crippen LogP contribution is 2.28. The van der Waals surface area contributed by atoms with Gasteiger partial charge < -0.3 is 16.4 Å². The van der Waals surface area contributed by atoms with Crippen LogP contribution in [0.3, 0.4) is 0 Å². The van der Waals surface area contributed by atoms with Gasteiger partial charge in [0, 0.05) is 12.1 Å². The zero-order valence-electron chi connectivity index (χ0n) is 9.71. The molecule has 94 valence electrons. The normalized spacial score (nSPS) is 10.6. The van der Waals surface area contributed by atoms with Crippen LogP contribution in [0.4, 0.5) is 20.2 Å². The molecular formula is C11H15F2N3O. The molecule has 0 bridgehead atoms. The lowest BCUT2D eigenvalue weighted by Crippen LogP contribution is -2.39. The van der Waals surface area contributed by atoms with Crippen LogP contribution in [0, 0.1) is 11.6 Å². The van der Waals surface area contributed by atoms with Crippen LogP contribution in [0.5, 0.6) is 0 Å². The number of nitrogen functional groups attached to an aromatic ring is 1. The van der Waals surface area contributed by atoms with E-state index in [0.29, 0.717) is 6.07 Å². The van der Waals surface area contributed by atoms with E-state index in [0.717, 1.165) is 6.07 Å². The number of amides is 1. The Hall–Kier alpha value is -1.85. The van der Waals surface area contributed by atoms with Gasteiger partial charge in [-0.2, -0.15) is 0 Å². The van der Waals surface area contributed by atoms with Crippen molar-refractivity contribution in [2.24, 2.45) is 5.73 Å². The lowest BCUT2D eigenvalue weighted by atomic mass is 10.2. The maximum Gasteiger partial charge on any atom is 0.236 e. The summed E-state index contributed by atoms with van der Waals surface area (Å²) in [6, 6.07) is 1.62. The van der Waals surface area contributed by atoms with Gasteiger partial charge in [0.1, 0.15) is 5.82 Å². The Morgan fingerprint density at radius 2 is 2.00 bits per heavy atom. The van der Waals surface area contributed by atoms with E-state index >= 15 is 0 Å². The van der Waals surface area contributed by atoms with Gasteiger partial charge in [-0.25, -0.2) is 8.78 Å². The van der Waals surface area contributed by atoms with Crippen molar-refractivity contribution in [1.82, 2.24) is 0 Å². The van der Waals surface area contributed by atoms with E-state index in [-0.39, 0.29) is 24.0 Å². The number of nitrogens with two attached hydrogens (primary N) is 2. The highest BCUT2D eigenvalue weighted by molar-refractivity contribution is 5.82. The van der Waals surface area contributed by atoms with E-state index in [2.05, 4.69) is 0 Å². The van der Waals surface area contributed by atoms with E-state index in [4.69, 9.17) is 11.5 Å². The standard InChI is InChI=1S/C11H15F2N3O/c1-6(2)16(5-10(14)17)9-4-7(12)3-8(13)11(9)15/h3-4,6H,5,15H2,1-2H3,(H2,14,17). The van der Waals surface area contributed by atoms with Gasteiger partial charge in [-0.3, -0.25) is 4.79 Å². The van der Waals surface area contributed by atoms with Crippen LogP contribution in [-0.2, 0) is 4.79 Å². The van der Waals surface area contributed by atoms with Crippen molar-refractivity contribution < 1.29 is 13.6 Å². The minimum absolute atomic E-state index is 0.135. The molecule has 0 saturated carbocycles. The molecule has 1 aromatic carbocycles. The van der Waals surface area contributed by atoms with Gasteiger partial charge in [0.25, 0.3) is 0 Å². The van der Waals surface area contributed by atoms with Crippen LogP contribution in [0.25, 0.3) is 0 Å². The third kappa shape index (κ3) is 3.05. The van der Waals surface area contributed by atoms with Crippen molar-refractivity contribution in [2.45, 2.75) is 19.9 Å². The maximum absolute atomic E-state index is 13.3. The number of halogens is 2. The molecule has 0 saturated heterocycles. The molecule has 1 rings (SSSR count). The van der Waals surface area contributed by atoms with Crippen LogP contribution in [0.15, 0.2) is 12.1 Å². The summed E-state index contributed by atoms with van der Waals surface area (Å²) in [4.78, 5) is 12.4. The number of nitrogens with zero attached hydrogens (tertiary/aromatic N) is 1. The molecular weight excluding hydrogens is 228 g/mol. The first kappa shape index (κ1) is 13.2. The molecule has 0 atom stereocenters. The molecule has 0 heterocycles. The molecule has 4 N–H and O–H groups in total. The van der Waals surface area contributed by atoms with Crippen LogP contribution in [0.2, 0.25) is 0 Å². The quantitative estimate of drug-likeness (QED) is 0.782. The van der Waals surface area contributed by atoms with Gasteiger partial charge in [-0.1, -0.05) is 0 Å². The molecule has 0 unspecified atom stereocenters. The van der Waals surface area contributed by atoms with Gasteiger partial charge in [-0.05, 0) is 19.9 Å². The van der Waals surface area contributed by atoms with E-state index in [1.54, 1.807) is 13.8 Å². The number of carbonyl (C=O) groups is 1. The van der Waals surface area contributed by atoms with Gasteiger partial charge in [-0.15, -0.1) is 0 Å². The SMILES string of the molecule is CC(C)N(CC(N)=O)c1cc(F)cc(F)c1N. The van der Waals surface area contributed by atoms with Crippen LogP contribution < -0.4 is 16.4 Å². The van der Waals surface area contributed by atoms with Crippen LogP contribution in [-0.4, -0.2) is 18.5 Å². The Morgan fingerprint density at radius 1 is 1.41 bits per heavy atom. The molecule has 0 fully saturated rings. The first-order chi connectivity index (χ1) is 7.82. The average molecular weight is 243 g/mol. The van der Waals surface area contributed by atoms with Crippen molar-refractivity contribution in [3.8, 4) is 0 Å². The second-order valence-electron chi connectivity index (χ2n) is 4.01. The third-order valence-electron chi connectivity index (χ3n) is 2.33. The average Bonchev–Trinajstić information content (AvgIpc) is 2.19. The second-order valence-corrected chi connectivity index (χ2v) is 4.01. The summed E-state index contributed by atoms with van der Waals surface area (Å²) >= 11 is 0. The summed E-state index contributed by atoms with van der Waals surface area (Å²) in [5, 5.41) is 0. The molecule has 0 spiro atoms. The Bertz CT molecular complexity index is 435. The van der Waals surface area contributed by atoms with Crippen LogP contribution in [0.1, 0.15) is 13.8 Å². The Balaban J connectivity index is 3.22. The van der Waals surface area contributed by atoms with Crippen molar-refractivity contribution in [1.29, 1.82) is 0 Å². The summed E-state index contributed by atoms with van der Waals surface area (Å²) < 4.78 is 26.4. The van der Waals surface area contributed by atoms with Crippen molar-refractivity contribution in [3.63, 3.8) is 0 Å². The topological polar surface area (TPSA) is 72.3 Å². The summed E-state index contributed by atoms with van der Waals surface area (Å²) in [6.45, 7) is 3.39. The fourth-order valence-electron chi connectivity index (χ4n) is 1.52. The molecule has 0 aliphatic heterocycles. The minimum atomic E-state index is -0.852. The maximum atomic E-state index is 13.3. The second kappa shape index (κ2) is 4.99. The number of hydrogen-bond donors (Lipinski definition) is 2. The molecule has 0 aliphatic rings. The largest absolute Gasteiger partial charge is 0.395 e. The van der Waals surface area contributed by atoms with E-state index in [9.17, 15) is 13.6 Å². The number of benzene rings is 1. The first-order valence-corrected chi connectivity index (χ1v) is 5.12. The lowest BCUT2D eigenvalue weighted by molar-refractivity contribution is -0.116. The lowest BCUT2D eigenvalue weighted by Gasteiger charge is -2.28. The fraction of sp³-hybridized carbons (Fsp3) is 0.364. The molecule has 0 aliphatic carbocycles. The van der Waals surface area contributed by atoms with E-state index in [1.165, 1.54) is 4.90 Å². The number of rotatable bonds is 4. The zero-order valence-corrected chi connectivity index (χ0v) is 9.71. The minimum Gasteiger partial charge on any atom is -0.395 e. The predicted molar refractivity (Wildman–Crippen MR) is 62.4 cm³/mol. The smallest absolute Gasteiger partial charge is 0.236 e. The molecule has 4 nitrogen and oxygen atoms in total. The number of primary amides is 1. The van der Waals surface area contributed by atoms with Gasteiger partial charge in [0.15, 0.2) is 5.82 Å². The monoisotopic (exact) mass is 243 g/mol. The third-order valence-corrected chi connectivity index (χ3v) is 2.33. The van der Waals surface area contributed by atoms with Gasteiger partial charge in [0.05, 0.1) is 17.9 Å². The highest BCUT2D eigenvalue weighted by Gasteiger charge is 2.18. The number of carbonyl (C=O) groups excluding carboxylic acids is 1. The summed E-state index contributed by atoms with van der Waals surface area (Å²) in [7, 11) is 0. The summed E-state index contributed by atoms with van der Waals surface area (Å²) in [6.07, 6.45) is 0. The summed E-state index contributed by atoms with van der Waals surface area (Å²) in [5.74, 6) is -2.19. The van der Waals surface area contributed by atoms with Crippen molar-refractivity contribution in [2.75, 3.05) is 17.2 Å². The predicted octanol–water partition coefficient (Wildman–Crippen LogP) is 1.25. The Morgan fingerprint density at radius 3 is 2.47 bits per heavy atom. The van der Waals surface area contributed by atoms with E-state index in [1.807, 2.05) is 0 Å². The summed E-state index contributed by atoms with van der Waals surface area (Å²) in [5.41, 5.74) is 10.6.